The van der Waals surface area contributed by atoms with E-state index in [2.05, 4.69) is 16.3 Å². The van der Waals surface area contributed by atoms with Gasteiger partial charge in [-0.05, 0) is 31.4 Å². The Bertz CT molecular complexity index is 1270. The normalized spacial score (nSPS) is 26.4. The first-order chi connectivity index (χ1) is 18.2. The number of aromatic nitrogens is 1. The Hall–Kier alpha value is -2.68. The van der Waals surface area contributed by atoms with E-state index in [9.17, 15) is 27.9 Å². The minimum atomic E-state index is -2.98. The van der Waals surface area contributed by atoms with Crippen LogP contribution in [0.5, 0.6) is 0 Å². The summed E-state index contributed by atoms with van der Waals surface area (Å²) in [5.74, 6) is -3.62. The van der Waals surface area contributed by atoms with Crippen LogP contribution in [0.15, 0.2) is 28.7 Å². The van der Waals surface area contributed by atoms with Crippen molar-refractivity contribution in [3.63, 3.8) is 0 Å². The van der Waals surface area contributed by atoms with Crippen LogP contribution >= 0.6 is 10.6 Å². The van der Waals surface area contributed by atoms with Crippen LogP contribution in [0.2, 0.25) is 0 Å². The van der Waals surface area contributed by atoms with Gasteiger partial charge in [0.2, 0.25) is 11.8 Å². The number of hydrogen-bond donors (Lipinski definition) is 3. The molecule has 39 heavy (non-hydrogen) atoms. The molecule has 0 spiro atoms. The highest BCUT2D eigenvalue weighted by Gasteiger charge is 2.51. The molecular weight excluding hydrogens is 526 g/mol. The molecule has 0 bridgehead atoms. The number of anilines is 1. The molecule has 2 heterocycles. The largest absolute Gasteiger partial charge is 0.444 e. The molecule has 2 aromatic rings. The maximum absolute atomic E-state index is 14.6. The van der Waals surface area contributed by atoms with Crippen molar-refractivity contribution in [1.82, 2.24) is 10.3 Å². The highest BCUT2D eigenvalue weighted by molar-refractivity contribution is 8.24. The molecular formula is C28H36F2N4O4S. The molecule has 1 amide bonds. The molecule has 3 aliphatic rings. The molecule has 8 nitrogen and oxygen atoms in total. The summed E-state index contributed by atoms with van der Waals surface area (Å²) >= 11 is 0. The number of nitriles is 1. The smallest absolute Gasteiger partial charge is 0.249 e. The Labute approximate surface area is 229 Å². The van der Waals surface area contributed by atoms with Gasteiger partial charge in [-0.3, -0.25) is 13.9 Å². The minimum Gasteiger partial charge on any atom is -0.444 e. The Balaban J connectivity index is 1.48. The summed E-state index contributed by atoms with van der Waals surface area (Å²) in [7, 11) is -2.50. The number of halogens is 2. The first kappa shape index (κ1) is 27.9. The zero-order chi connectivity index (χ0) is 28.2. The Kier molecular flexibility index (Phi) is 6.97. The molecule has 1 aliphatic heterocycles. The van der Waals surface area contributed by atoms with Gasteiger partial charge in [-0.2, -0.15) is 15.9 Å². The lowest BCUT2D eigenvalue weighted by atomic mass is 9.74. The van der Waals surface area contributed by atoms with E-state index in [-0.39, 0.29) is 12.8 Å². The number of hydrogen-bond acceptors (Lipinski definition) is 7. The fourth-order valence-corrected chi connectivity index (χ4v) is 6.60. The van der Waals surface area contributed by atoms with Crippen LogP contribution in [-0.4, -0.2) is 56.1 Å². The molecule has 2 atom stereocenters. The lowest BCUT2D eigenvalue weighted by Gasteiger charge is -2.41. The molecule has 3 fully saturated rings. The quantitative estimate of drug-likeness (QED) is 0.415. The molecule has 3 N–H and O–H groups in total. The predicted octanol–water partition coefficient (Wildman–Crippen LogP) is 5.90. The summed E-state index contributed by atoms with van der Waals surface area (Å²) in [6.07, 6.45) is 0.140. The van der Waals surface area contributed by atoms with E-state index in [4.69, 9.17) is 9.40 Å². The maximum atomic E-state index is 14.6. The minimum absolute atomic E-state index is 0.0642. The molecule has 212 valence electrons. The zero-order valence-corrected chi connectivity index (χ0v) is 23.4. The number of benzene rings is 1. The molecule has 1 saturated heterocycles. The Morgan fingerprint density at radius 3 is 2.38 bits per heavy atom. The number of carbonyl (C=O) groups excluding carboxylic acids is 1. The van der Waals surface area contributed by atoms with Crippen molar-refractivity contribution >= 4 is 22.2 Å². The van der Waals surface area contributed by atoms with Gasteiger partial charge in [0.15, 0.2) is 5.89 Å². The summed E-state index contributed by atoms with van der Waals surface area (Å²) < 4.78 is 55.3. The zero-order valence-electron chi connectivity index (χ0n) is 22.5. The molecule has 1 aromatic carbocycles. The molecule has 1 aromatic heterocycles. The van der Waals surface area contributed by atoms with Crippen molar-refractivity contribution in [2.75, 3.05) is 29.5 Å². The number of alkyl halides is 2. The van der Waals surface area contributed by atoms with E-state index >= 15 is 0 Å². The van der Waals surface area contributed by atoms with Gasteiger partial charge < -0.3 is 14.6 Å². The van der Waals surface area contributed by atoms with E-state index < -0.39 is 51.6 Å². The summed E-state index contributed by atoms with van der Waals surface area (Å²) in [5.41, 5.74) is 0.831. The van der Waals surface area contributed by atoms with Crippen molar-refractivity contribution < 1.29 is 27.1 Å². The Morgan fingerprint density at radius 1 is 1.18 bits per heavy atom. The van der Waals surface area contributed by atoms with Crippen LogP contribution in [-0.2, 0) is 10.2 Å². The summed E-state index contributed by atoms with van der Waals surface area (Å²) in [6.45, 7) is 6.96. The fourth-order valence-electron chi connectivity index (χ4n) is 5.37. The van der Waals surface area contributed by atoms with Gasteiger partial charge in [0.1, 0.15) is 17.0 Å². The van der Waals surface area contributed by atoms with E-state index in [1.807, 2.05) is 45.0 Å². The summed E-state index contributed by atoms with van der Waals surface area (Å²) in [5, 5.41) is 12.2. The number of amides is 1. The van der Waals surface area contributed by atoms with Crippen LogP contribution in [0.1, 0.15) is 70.4 Å². The lowest BCUT2D eigenvalue weighted by Crippen LogP contribution is -2.45. The van der Waals surface area contributed by atoms with Crippen LogP contribution in [0.4, 0.5) is 14.5 Å². The van der Waals surface area contributed by atoms with Crippen LogP contribution in [0.25, 0.3) is 11.3 Å². The van der Waals surface area contributed by atoms with Crippen molar-refractivity contribution in [3.05, 3.63) is 35.9 Å². The molecule has 2 aliphatic carbocycles. The average Bonchev–Trinajstić information content (AvgIpc) is 3.49. The van der Waals surface area contributed by atoms with Gasteiger partial charge in [-0.15, -0.1) is 0 Å². The van der Waals surface area contributed by atoms with E-state index in [0.717, 1.165) is 11.3 Å². The van der Waals surface area contributed by atoms with Crippen LogP contribution in [0, 0.1) is 17.2 Å². The third-order valence-electron chi connectivity index (χ3n) is 8.00. The summed E-state index contributed by atoms with van der Waals surface area (Å²) in [4.78, 5) is 20.2. The predicted molar refractivity (Wildman–Crippen MR) is 146 cm³/mol. The topological polar surface area (TPSA) is 123 Å². The van der Waals surface area contributed by atoms with E-state index in [0.29, 0.717) is 54.8 Å². The average molecular weight is 563 g/mol. The SMILES string of the molecule is CC(C)(C)c1nc(-c2ccc(N3CCS(O)(O)CC3)cc2)c([C@@H]2CCC(F)(F)C[C@H]2C(=O)NC2(C#N)CC2)o1. The van der Waals surface area contributed by atoms with Gasteiger partial charge in [0.05, 0.1) is 23.5 Å². The molecule has 11 heteroatoms. The van der Waals surface area contributed by atoms with E-state index in [1.54, 1.807) is 0 Å². The highest BCUT2D eigenvalue weighted by atomic mass is 32.3. The first-order valence-corrected chi connectivity index (χ1v) is 15.3. The third-order valence-corrected chi connectivity index (χ3v) is 9.68. The molecule has 0 unspecified atom stereocenters. The monoisotopic (exact) mass is 562 g/mol. The van der Waals surface area contributed by atoms with Crippen LogP contribution in [0.3, 0.4) is 0 Å². The Morgan fingerprint density at radius 2 is 1.82 bits per heavy atom. The van der Waals surface area contributed by atoms with Crippen LogP contribution < -0.4 is 10.2 Å². The molecule has 0 radical (unpaired) electrons. The first-order valence-electron chi connectivity index (χ1n) is 13.4. The van der Waals surface area contributed by atoms with Crippen molar-refractivity contribution in [2.45, 2.75) is 75.7 Å². The summed E-state index contributed by atoms with van der Waals surface area (Å²) in [6, 6.07) is 9.78. The van der Waals surface area contributed by atoms with Gasteiger partial charge in [0.25, 0.3) is 0 Å². The fraction of sp³-hybridized carbons (Fsp3) is 0.607. The van der Waals surface area contributed by atoms with Gasteiger partial charge >= 0.3 is 0 Å². The highest BCUT2D eigenvalue weighted by Crippen LogP contribution is 2.49. The maximum Gasteiger partial charge on any atom is 0.249 e. The van der Waals surface area contributed by atoms with E-state index in [1.165, 1.54) is 0 Å². The van der Waals surface area contributed by atoms with Gasteiger partial charge in [0, 0.05) is 48.5 Å². The number of oxazole rings is 1. The number of nitrogens with zero attached hydrogens (tertiary/aromatic N) is 3. The van der Waals surface area contributed by atoms with Gasteiger partial charge in [-0.1, -0.05) is 32.9 Å². The van der Waals surface area contributed by atoms with Crippen molar-refractivity contribution in [2.24, 2.45) is 5.92 Å². The van der Waals surface area contributed by atoms with Crippen molar-refractivity contribution in [1.29, 1.82) is 5.26 Å². The lowest BCUT2D eigenvalue weighted by molar-refractivity contribution is -0.134. The number of rotatable bonds is 5. The second kappa shape index (κ2) is 9.75. The second-order valence-electron chi connectivity index (χ2n) is 12.2. The second-order valence-corrected chi connectivity index (χ2v) is 14.6. The standard InChI is InChI=1S/C28H36F2N4O4S/c1-26(2,3)25-32-22(18-4-6-19(7-5-18)34-12-14-39(36,37)15-13-34)23(38-25)20-8-9-28(29,30)16-21(20)24(35)33-27(17-31)10-11-27/h4-7,20-21,36-37H,8-16H2,1-3H3,(H,33,35)/t20-,21-/m1/s1. The number of carbonyl (C=O) groups is 1. The third kappa shape index (κ3) is 5.93. The molecule has 5 rings (SSSR count). The number of nitrogens with one attached hydrogen (secondary N) is 1. The molecule has 2 saturated carbocycles. The van der Waals surface area contributed by atoms with Crippen molar-refractivity contribution in [3.8, 4) is 17.3 Å². The van der Waals surface area contributed by atoms with Gasteiger partial charge in [-0.25, -0.2) is 13.8 Å².